The van der Waals surface area contributed by atoms with Crippen molar-refractivity contribution >= 4 is 22.5 Å². The molecular formula is C23H28N4O5. The summed E-state index contributed by atoms with van der Waals surface area (Å²) in [4.78, 5) is 12.8. The highest BCUT2D eigenvalue weighted by Crippen LogP contribution is 2.36. The van der Waals surface area contributed by atoms with E-state index < -0.39 is 11.5 Å². The first kappa shape index (κ1) is 21.9. The van der Waals surface area contributed by atoms with Crippen molar-refractivity contribution < 1.29 is 24.1 Å². The molecule has 0 spiro atoms. The van der Waals surface area contributed by atoms with Crippen molar-refractivity contribution in [2.24, 2.45) is 0 Å². The first-order valence-corrected chi connectivity index (χ1v) is 10.8. The number of rotatable bonds is 6. The van der Waals surface area contributed by atoms with Crippen molar-refractivity contribution in [1.29, 1.82) is 0 Å². The third-order valence-electron chi connectivity index (χ3n) is 5.93. The predicted octanol–water partition coefficient (Wildman–Crippen LogP) is 3.20. The topological polar surface area (TPSA) is 113 Å². The molecule has 2 N–H and O–H groups in total. The van der Waals surface area contributed by atoms with Crippen LogP contribution in [0.15, 0.2) is 36.5 Å². The second-order valence-electron chi connectivity index (χ2n) is 8.38. The Kier molecular flexibility index (Phi) is 5.92. The van der Waals surface area contributed by atoms with Gasteiger partial charge in [0, 0.05) is 23.7 Å². The van der Waals surface area contributed by atoms with Crippen molar-refractivity contribution in [2.75, 3.05) is 19.0 Å². The van der Waals surface area contributed by atoms with E-state index in [1.54, 1.807) is 18.2 Å². The second-order valence-corrected chi connectivity index (χ2v) is 8.38. The van der Waals surface area contributed by atoms with Gasteiger partial charge in [0.1, 0.15) is 5.75 Å². The Morgan fingerprint density at radius 2 is 2.12 bits per heavy atom. The number of hydrogen-bond acceptors (Lipinski definition) is 6. The molecule has 2 aromatic heterocycles. The normalized spacial score (nSPS) is 20.8. The monoisotopic (exact) mass is 440 g/mol. The summed E-state index contributed by atoms with van der Waals surface area (Å²) in [5.41, 5.74) is 0.514. The highest BCUT2D eigenvalue weighted by Gasteiger charge is 2.30. The predicted molar refractivity (Wildman–Crippen MR) is 119 cm³/mol. The largest absolute Gasteiger partial charge is 0.615 e. The number of fused-ring (bicyclic) bond motifs is 1. The zero-order chi connectivity index (χ0) is 22.9. The molecule has 1 amide bonds. The minimum Gasteiger partial charge on any atom is -0.615 e. The van der Waals surface area contributed by atoms with Gasteiger partial charge in [0.2, 0.25) is 0 Å². The number of ether oxygens (including phenoxy) is 2. The Morgan fingerprint density at radius 3 is 2.81 bits per heavy atom. The highest BCUT2D eigenvalue weighted by atomic mass is 16.5. The van der Waals surface area contributed by atoms with Crippen LogP contribution in [0, 0.1) is 5.21 Å². The number of hydrogen-bond donors (Lipinski definition) is 2. The molecular weight excluding hydrogens is 412 g/mol. The first-order valence-electron chi connectivity index (χ1n) is 10.8. The van der Waals surface area contributed by atoms with Crippen LogP contribution in [0.1, 0.15) is 56.1 Å². The Morgan fingerprint density at radius 1 is 1.38 bits per heavy atom. The summed E-state index contributed by atoms with van der Waals surface area (Å²) in [6, 6.07) is 8.31. The van der Waals surface area contributed by atoms with Gasteiger partial charge in [-0.25, -0.2) is 0 Å². The van der Waals surface area contributed by atoms with E-state index in [0.29, 0.717) is 22.8 Å². The van der Waals surface area contributed by atoms with Crippen LogP contribution < -0.4 is 19.5 Å². The Bertz CT molecular complexity index is 1130. The summed E-state index contributed by atoms with van der Waals surface area (Å²) in [5, 5.41) is 30.9. The lowest BCUT2D eigenvalue weighted by atomic mass is 9.84. The number of aliphatic hydroxyl groups is 1. The number of aromatic nitrogens is 3. The molecule has 2 heterocycles. The van der Waals surface area contributed by atoms with Gasteiger partial charge in [0.05, 0.1) is 42.6 Å². The lowest BCUT2D eigenvalue weighted by molar-refractivity contribution is -0.614. The van der Waals surface area contributed by atoms with E-state index in [-0.39, 0.29) is 17.6 Å². The van der Waals surface area contributed by atoms with Gasteiger partial charge in [-0.15, -0.1) is 4.73 Å². The number of pyridine rings is 1. The maximum atomic E-state index is 12.8. The average molecular weight is 441 g/mol. The number of carbonyl (C=O) groups is 1. The Balaban J connectivity index is 1.63. The molecule has 1 aliphatic rings. The molecule has 0 bridgehead atoms. The minimum atomic E-state index is -0.610. The third kappa shape index (κ3) is 4.34. The van der Waals surface area contributed by atoms with E-state index in [1.807, 2.05) is 24.7 Å². The summed E-state index contributed by atoms with van der Waals surface area (Å²) in [6.45, 7) is 4.14. The minimum absolute atomic E-state index is 0.0332. The fraction of sp³-hybridized carbons (Fsp3) is 0.435. The molecule has 170 valence electrons. The van der Waals surface area contributed by atoms with Gasteiger partial charge in [-0.1, -0.05) is 0 Å². The first-order chi connectivity index (χ1) is 15.3. The van der Waals surface area contributed by atoms with Crippen molar-refractivity contribution in [3.63, 3.8) is 0 Å². The molecule has 1 saturated carbocycles. The molecule has 1 aromatic carbocycles. The maximum absolute atomic E-state index is 12.8. The highest BCUT2D eigenvalue weighted by molar-refractivity contribution is 6.04. The van der Waals surface area contributed by atoms with Crippen LogP contribution in [-0.4, -0.2) is 40.1 Å². The Hall–Kier alpha value is -3.33. The standard InChI is InChI=1S/C23H28N4O5/c1-4-32-20-13-17-15(14-26(25-17)16-8-10-23(2,29)11-9-16)12-18(20)24-22(28)19-6-5-7-21(31-3)27(19)30/h5-7,12-14,16,29H,4,8-11H2,1-3H3,(H,24,28). The molecule has 0 saturated heterocycles. The quantitative estimate of drug-likeness (QED) is 0.450. The van der Waals surface area contributed by atoms with Gasteiger partial charge in [-0.3, -0.25) is 9.48 Å². The Labute approximate surface area is 186 Å². The number of methoxy groups -OCH3 is 1. The molecule has 3 aromatic rings. The van der Waals surface area contributed by atoms with E-state index >= 15 is 0 Å². The van der Waals surface area contributed by atoms with Crippen LogP contribution >= 0.6 is 0 Å². The number of anilines is 1. The van der Waals surface area contributed by atoms with E-state index in [2.05, 4.69) is 5.32 Å². The zero-order valence-corrected chi connectivity index (χ0v) is 18.5. The van der Waals surface area contributed by atoms with E-state index in [1.165, 1.54) is 19.2 Å². The van der Waals surface area contributed by atoms with Crippen LogP contribution in [0.3, 0.4) is 0 Å². The SMILES string of the molecule is CCOc1cc2nn(C3CCC(C)(O)CC3)cc2cc1NC(=O)c1cccc(OC)[n+]1[O-]. The van der Waals surface area contributed by atoms with Gasteiger partial charge < -0.3 is 25.1 Å². The second kappa shape index (κ2) is 8.66. The summed E-state index contributed by atoms with van der Waals surface area (Å²) in [5.74, 6) is -0.0579. The third-order valence-corrected chi connectivity index (χ3v) is 5.93. The summed E-state index contributed by atoms with van der Waals surface area (Å²) in [7, 11) is 1.37. The molecule has 0 unspecified atom stereocenters. The molecule has 1 aliphatic carbocycles. The van der Waals surface area contributed by atoms with E-state index in [0.717, 1.165) is 36.6 Å². The molecule has 1 fully saturated rings. The fourth-order valence-corrected chi connectivity index (χ4v) is 4.10. The van der Waals surface area contributed by atoms with Crippen LogP contribution in [0.4, 0.5) is 5.69 Å². The van der Waals surface area contributed by atoms with Crippen molar-refractivity contribution in [2.45, 2.75) is 51.2 Å². The lowest BCUT2D eigenvalue weighted by Gasteiger charge is -2.33. The number of amides is 1. The number of nitrogens with one attached hydrogen (secondary N) is 1. The molecule has 0 atom stereocenters. The summed E-state index contributed by atoms with van der Waals surface area (Å²) < 4.78 is 13.1. The van der Waals surface area contributed by atoms with Gasteiger partial charge >= 0.3 is 11.8 Å². The molecule has 0 aliphatic heterocycles. The van der Waals surface area contributed by atoms with Crippen molar-refractivity contribution in [3.05, 3.63) is 47.4 Å². The van der Waals surface area contributed by atoms with Gasteiger partial charge in [-0.05, 0) is 51.7 Å². The summed E-state index contributed by atoms with van der Waals surface area (Å²) in [6.07, 6.45) is 5.11. The average Bonchev–Trinajstić information content (AvgIpc) is 3.17. The maximum Gasteiger partial charge on any atom is 0.379 e. The van der Waals surface area contributed by atoms with Crippen LogP contribution in [0.5, 0.6) is 11.6 Å². The van der Waals surface area contributed by atoms with Crippen LogP contribution in [-0.2, 0) is 0 Å². The van der Waals surface area contributed by atoms with Crippen molar-refractivity contribution in [3.8, 4) is 11.6 Å². The van der Waals surface area contributed by atoms with Crippen molar-refractivity contribution in [1.82, 2.24) is 9.78 Å². The molecule has 4 rings (SSSR count). The zero-order valence-electron chi connectivity index (χ0n) is 18.5. The smallest absolute Gasteiger partial charge is 0.379 e. The lowest BCUT2D eigenvalue weighted by Crippen LogP contribution is -2.38. The van der Waals surface area contributed by atoms with Crippen LogP contribution in [0.2, 0.25) is 0 Å². The number of benzene rings is 1. The van der Waals surface area contributed by atoms with Gasteiger partial charge in [0.15, 0.2) is 0 Å². The van der Waals surface area contributed by atoms with E-state index in [4.69, 9.17) is 14.6 Å². The van der Waals surface area contributed by atoms with E-state index in [9.17, 15) is 15.1 Å². The van der Waals surface area contributed by atoms with Gasteiger partial charge in [0.25, 0.3) is 5.69 Å². The molecule has 9 nitrogen and oxygen atoms in total. The number of carbonyl (C=O) groups excluding carboxylic acids is 1. The fourth-order valence-electron chi connectivity index (χ4n) is 4.10. The summed E-state index contributed by atoms with van der Waals surface area (Å²) >= 11 is 0. The molecule has 32 heavy (non-hydrogen) atoms. The van der Waals surface area contributed by atoms with Gasteiger partial charge in [-0.2, -0.15) is 5.10 Å². The molecule has 0 radical (unpaired) electrons. The number of nitrogens with zero attached hydrogens (tertiary/aromatic N) is 3. The molecule has 9 heteroatoms. The van der Waals surface area contributed by atoms with Crippen LogP contribution in [0.25, 0.3) is 10.9 Å².